The number of phenols is 3. The summed E-state index contributed by atoms with van der Waals surface area (Å²) in [5.41, 5.74) is -0.120. The van der Waals surface area contributed by atoms with Crippen LogP contribution in [0.5, 0.6) is 23.0 Å². The third-order valence-electron chi connectivity index (χ3n) is 9.93. The summed E-state index contributed by atoms with van der Waals surface area (Å²) in [5.74, 6) is -6.03. The van der Waals surface area contributed by atoms with Crippen LogP contribution in [0, 0.1) is 30.6 Å². The maximum absolute atomic E-state index is 14.1. The van der Waals surface area contributed by atoms with Crippen LogP contribution >= 0.6 is 0 Å². The normalized spacial score (nSPS) is 30.9. The van der Waals surface area contributed by atoms with Crippen molar-refractivity contribution in [2.45, 2.75) is 99.8 Å². The first-order valence-electron chi connectivity index (χ1n) is 17.9. The molecule has 5 bridgehead atoms. The molecule has 2 aromatic carbocycles. The average Bonchev–Trinajstić information content (AvgIpc) is 3.38. The van der Waals surface area contributed by atoms with Crippen molar-refractivity contribution in [3.63, 3.8) is 0 Å². The van der Waals surface area contributed by atoms with E-state index in [1.807, 2.05) is 34.6 Å². The van der Waals surface area contributed by atoms with Gasteiger partial charge in [-0.25, -0.2) is 0 Å². The topological polar surface area (TPSA) is 187 Å². The number of Topliss-reactive ketones (excluding diaryl/α,β-unsaturated/α-hetero) is 1. The Balaban J connectivity index is 0.00000358. The van der Waals surface area contributed by atoms with Crippen molar-refractivity contribution < 1.29 is 49.3 Å². The summed E-state index contributed by atoms with van der Waals surface area (Å²) in [6.07, 6.45) is 7.44. The molecule has 5 rings (SSSR count). The smallest absolute Gasteiger partial charge is 0.312 e. The highest BCUT2D eigenvalue weighted by atomic mass is 16.7. The van der Waals surface area contributed by atoms with Crippen LogP contribution in [0.1, 0.15) is 90.2 Å². The minimum absolute atomic E-state index is 0.0399. The van der Waals surface area contributed by atoms with Crippen LogP contribution < -0.4 is 10.1 Å². The molecule has 12 heteroatoms. The molecule has 6 N–H and O–H groups in total. The molecule has 0 radical (unpaired) electrons. The van der Waals surface area contributed by atoms with Gasteiger partial charge in [0, 0.05) is 55.2 Å². The third kappa shape index (κ3) is 8.14. The lowest BCUT2D eigenvalue weighted by Crippen LogP contribution is -2.38. The van der Waals surface area contributed by atoms with Crippen molar-refractivity contribution in [3.05, 3.63) is 52.8 Å². The number of carbonyl (C=O) groups is 2. The van der Waals surface area contributed by atoms with Gasteiger partial charge in [0.25, 0.3) is 11.7 Å². The van der Waals surface area contributed by atoms with Gasteiger partial charge in [0.2, 0.25) is 0 Å². The number of carbonyl (C=O) groups excluding carboxylic acids is 2. The van der Waals surface area contributed by atoms with Crippen molar-refractivity contribution in [2.24, 2.45) is 28.7 Å². The Labute approximate surface area is 306 Å². The molecule has 0 unspecified atom stereocenters. The SMILES string of the molecule is CC.CCN=Cc1c2c(O)c3c(O)c(C)c4c(c3c1O)C(=O)[C@@](C)(O/C=C/[C@H](OC)[C@@H](C)C[C@H](C)[C@H](O)[C@H](C)[C@@H](O)[C@@H](C)/C=C/C=C(/C)C(=O)N2)O4. The second-order valence-electron chi connectivity index (χ2n) is 13.6. The van der Waals surface area contributed by atoms with E-state index in [1.54, 1.807) is 39.0 Å². The first kappa shape index (κ1) is 42.0. The van der Waals surface area contributed by atoms with E-state index in [1.165, 1.54) is 39.5 Å². The quantitative estimate of drug-likeness (QED) is 0.113. The summed E-state index contributed by atoms with van der Waals surface area (Å²) in [7, 11) is 1.54. The first-order valence-corrected chi connectivity index (χ1v) is 17.9. The molecule has 0 aromatic heterocycles. The highest BCUT2D eigenvalue weighted by Gasteiger charge is 2.49. The van der Waals surface area contributed by atoms with Crippen molar-refractivity contribution >= 4 is 34.4 Å². The molecule has 3 aliphatic rings. The number of hydrogen-bond acceptors (Lipinski definition) is 11. The van der Waals surface area contributed by atoms with Crippen LogP contribution in [0.2, 0.25) is 0 Å². The summed E-state index contributed by atoms with van der Waals surface area (Å²) in [6, 6.07) is 0. The maximum Gasteiger partial charge on any atom is 0.312 e. The van der Waals surface area contributed by atoms with Gasteiger partial charge in [-0.3, -0.25) is 14.6 Å². The van der Waals surface area contributed by atoms with Gasteiger partial charge in [-0.2, -0.15) is 0 Å². The number of aliphatic imine (C=N–C) groups is 1. The number of amides is 1. The summed E-state index contributed by atoms with van der Waals surface area (Å²) in [5, 5.41) is 59.1. The van der Waals surface area contributed by atoms with E-state index in [0.717, 1.165) is 0 Å². The minimum atomic E-state index is -1.92. The number of hydrogen-bond donors (Lipinski definition) is 6. The van der Waals surface area contributed by atoms with Gasteiger partial charge >= 0.3 is 5.79 Å². The zero-order valence-corrected chi connectivity index (χ0v) is 32.1. The Hall–Kier alpha value is -4.39. The van der Waals surface area contributed by atoms with E-state index >= 15 is 0 Å². The van der Waals surface area contributed by atoms with Gasteiger partial charge in [0.1, 0.15) is 17.2 Å². The number of rotatable bonds is 3. The lowest BCUT2D eigenvalue weighted by atomic mass is 9.80. The zero-order chi connectivity index (χ0) is 39.2. The minimum Gasteiger partial charge on any atom is -0.507 e. The standard InChI is InChI=1S/C38H50N2O10.C2H6/c1-10-39-17-24-29-34(45)27-26(33(24)44)28-35(23(7)32(27)43)50-38(8,36(28)46)49-15-14-25(48-9)20(4)16-21(5)31(42)22(6)30(41)18(2)12-11-13-19(3)37(47)40-29;1-2/h11-15,17-18,20-22,25,30-31,41-45H,10,16H2,1-9H3,(H,40,47);1-2H3/b12-11+,15-14+,19-13-,39-17?;/t18-,20-,21-,22+,25-,30-,31-,38-;/m0./s1. The molecular weight excluding hydrogens is 668 g/mol. The van der Waals surface area contributed by atoms with E-state index < -0.39 is 59.0 Å². The lowest BCUT2D eigenvalue weighted by molar-refractivity contribution is -0.112. The molecule has 0 spiro atoms. The lowest BCUT2D eigenvalue weighted by Gasteiger charge is -2.32. The van der Waals surface area contributed by atoms with Crippen molar-refractivity contribution in [1.29, 1.82) is 0 Å². The summed E-state index contributed by atoms with van der Waals surface area (Å²) >= 11 is 0. The number of anilines is 1. The van der Waals surface area contributed by atoms with Crippen LogP contribution in [-0.2, 0) is 14.3 Å². The number of fused-ring (bicyclic) bond motifs is 14. The van der Waals surface area contributed by atoms with Crippen molar-refractivity contribution in [1.82, 2.24) is 0 Å². The highest BCUT2D eigenvalue weighted by molar-refractivity contribution is 6.23. The van der Waals surface area contributed by atoms with Crippen molar-refractivity contribution in [3.8, 4) is 23.0 Å². The molecule has 12 nitrogen and oxygen atoms in total. The molecule has 3 aliphatic heterocycles. The second kappa shape index (κ2) is 17.4. The fourth-order valence-corrected chi connectivity index (χ4v) is 6.72. The van der Waals surface area contributed by atoms with E-state index in [-0.39, 0.29) is 62.2 Å². The number of ketones is 1. The number of aromatic hydroxyl groups is 3. The molecule has 0 aliphatic carbocycles. The number of phenolic OH excluding ortho intramolecular Hbond substituents is 3. The fraction of sp³-hybridized carbons (Fsp3) is 0.525. The van der Waals surface area contributed by atoms with E-state index in [0.29, 0.717) is 13.0 Å². The van der Waals surface area contributed by atoms with E-state index in [9.17, 15) is 35.1 Å². The van der Waals surface area contributed by atoms with Gasteiger partial charge in [-0.1, -0.05) is 59.8 Å². The van der Waals surface area contributed by atoms with Gasteiger partial charge in [-0.05, 0) is 45.1 Å². The van der Waals surface area contributed by atoms with Crippen LogP contribution in [0.3, 0.4) is 0 Å². The number of nitrogens with one attached hydrogen (secondary N) is 1. The molecule has 52 heavy (non-hydrogen) atoms. The van der Waals surface area contributed by atoms with Crippen LogP contribution in [-0.4, -0.2) is 81.2 Å². The summed E-state index contributed by atoms with van der Waals surface area (Å²) in [6.45, 7) is 18.0. The van der Waals surface area contributed by atoms with E-state index in [4.69, 9.17) is 14.2 Å². The predicted octanol–water partition coefficient (Wildman–Crippen LogP) is 6.68. The molecule has 0 saturated carbocycles. The first-order chi connectivity index (χ1) is 24.5. The Morgan fingerprint density at radius 1 is 0.981 bits per heavy atom. The van der Waals surface area contributed by atoms with E-state index in [2.05, 4.69) is 10.3 Å². The van der Waals surface area contributed by atoms with Crippen LogP contribution in [0.25, 0.3) is 10.8 Å². The fourth-order valence-electron chi connectivity index (χ4n) is 6.72. The van der Waals surface area contributed by atoms with Crippen molar-refractivity contribution in [2.75, 3.05) is 19.0 Å². The van der Waals surface area contributed by atoms with Gasteiger partial charge in [0.15, 0.2) is 5.75 Å². The highest BCUT2D eigenvalue weighted by Crippen LogP contribution is 2.55. The number of aliphatic hydroxyl groups is 2. The third-order valence-corrected chi connectivity index (χ3v) is 9.93. The number of methoxy groups -OCH3 is 1. The second-order valence-corrected chi connectivity index (χ2v) is 13.6. The summed E-state index contributed by atoms with van der Waals surface area (Å²) < 4.78 is 17.7. The number of aliphatic hydroxyl groups excluding tert-OH is 2. The monoisotopic (exact) mass is 724 g/mol. The summed E-state index contributed by atoms with van der Waals surface area (Å²) in [4.78, 5) is 31.7. The van der Waals surface area contributed by atoms with Gasteiger partial charge in [-0.15, -0.1) is 0 Å². The average molecular weight is 725 g/mol. The Kier molecular flexibility index (Phi) is 14.1. The Morgan fingerprint density at radius 2 is 1.63 bits per heavy atom. The molecular formula is C40H56N2O10. The van der Waals surface area contributed by atoms with Gasteiger partial charge < -0.3 is 45.1 Å². The zero-order valence-electron chi connectivity index (χ0n) is 32.1. The van der Waals surface area contributed by atoms with Crippen LogP contribution in [0.4, 0.5) is 5.69 Å². The molecule has 0 saturated heterocycles. The molecule has 3 heterocycles. The number of nitrogens with zero attached hydrogens (tertiary/aromatic N) is 1. The molecule has 286 valence electrons. The number of benzene rings is 2. The number of ether oxygens (including phenoxy) is 3. The maximum atomic E-state index is 14.1. The molecule has 8 atom stereocenters. The predicted molar refractivity (Wildman–Crippen MR) is 202 cm³/mol. The van der Waals surface area contributed by atoms with Crippen LogP contribution in [0.15, 0.2) is 41.1 Å². The van der Waals surface area contributed by atoms with Gasteiger partial charge in [0.05, 0.1) is 46.8 Å². The Morgan fingerprint density at radius 3 is 2.25 bits per heavy atom. The Bertz CT molecular complexity index is 1760. The largest absolute Gasteiger partial charge is 0.507 e. The number of allylic oxidation sites excluding steroid dienone is 2. The molecule has 1 amide bonds. The molecule has 0 fully saturated rings. The molecule has 2 aromatic rings.